The van der Waals surface area contributed by atoms with Crippen LogP contribution in [-0.4, -0.2) is 26.7 Å². The van der Waals surface area contributed by atoms with E-state index >= 15 is 0 Å². The largest absolute Gasteiger partial charge is 0.494 e. The molecule has 0 aliphatic heterocycles. The van der Waals surface area contributed by atoms with Gasteiger partial charge in [0.25, 0.3) is 0 Å². The molecule has 0 saturated carbocycles. The highest BCUT2D eigenvalue weighted by atomic mass is 35.5. The average Bonchev–Trinajstić information content (AvgIpc) is 2.84. The predicted molar refractivity (Wildman–Crippen MR) is 67.7 cm³/mol. The van der Waals surface area contributed by atoms with Gasteiger partial charge >= 0.3 is 0 Å². The van der Waals surface area contributed by atoms with Gasteiger partial charge in [-0.2, -0.15) is 0 Å². The zero-order valence-corrected chi connectivity index (χ0v) is 10.6. The highest BCUT2D eigenvalue weighted by Gasteiger charge is 2.13. The standard InChI is InChI=1S/C12H8ClFN4O/c1-19-9-3-2-7(6-8(9)14)11-16-17-12-10(13)15-4-5-18(11)12/h2-6H,1H3. The summed E-state index contributed by atoms with van der Waals surface area (Å²) in [5.74, 6) is 0.204. The lowest BCUT2D eigenvalue weighted by Gasteiger charge is -2.04. The molecule has 0 saturated heterocycles. The summed E-state index contributed by atoms with van der Waals surface area (Å²) in [5, 5.41) is 8.18. The van der Waals surface area contributed by atoms with Gasteiger partial charge in [0.05, 0.1) is 7.11 Å². The molecule has 3 rings (SSSR count). The van der Waals surface area contributed by atoms with Crippen LogP contribution in [-0.2, 0) is 0 Å². The topological polar surface area (TPSA) is 52.3 Å². The average molecular weight is 279 g/mol. The van der Waals surface area contributed by atoms with E-state index in [0.717, 1.165) is 0 Å². The fourth-order valence-electron chi connectivity index (χ4n) is 1.80. The van der Waals surface area contributed by atoms with E-state index in [2.05, 4.69) is 15.2 Å². The van der Waals surface area contributed by atoms with Crippen LogP contribution >= 0.6 is 11.6 Å². The molecule has 0 N–H and O–H groups in total. The van der Waals surface area contributed by atoms with Crippen molar-refractivity contribution < 1.29 is 9.13 Å². The fraction of sp³-hybridized carbons (Fsp3) is 0.0833. The number of halogens is 2. The molecule has 19 heavy (non-hydrogen) atoms. The third-order valence-electron chi connectivity index (χ3n) is 2.69. The third-order valence-corrected chi connectivity index (χ3v) is 2.96. The Labute approximate surface area is 112 Å². The van der Waals surface area contributed by atoms with Crippen molar-refractivity contribution in [2.24, 2.45) is 0 Å². The molecule has 7 heteroatoms. The lowest BCUT2D eigenvalue weighted by atomic mass is 10.2. The van der Waals surface area contributed by atoms with Crippen LogP contribution in [0.25, 0.3) is 17.0 Å². The molecule has 1 aromatic carbocycles. The molecular weight excluding hydrogens is 271 g/mol. The van der Waals surface area contributed by atoms with Gasteiger partial charge in [-0.25, -0.2) is 9.37 Å². The molecular formula is C12H8ClFN4O. The van der Waals surface area contributed by atoms with Crippen molar-refractivity contribution in [2.45, 2.75) is 0 Å². The smallest absolute Gasteiger partial charge is 0.198 e. The lowest BCUT2D eigenvalue weighted by Crippen LogP contribution is -1.93. The molecule has 3 aromatic rings. The summed E-state index contributed by atoms with van der Waals surface area (Å²) in [6.07, 6.45) is 3.20. The molecule has 0 spiro atoms. The number of rotatable bonds is 2. The van der Waals surface area contributed by atoms with E-state index in [-0.39, 0.29) is 10.9 Å². The second kappa shape index (κ2) is 4.47. The minimum Gasteiger partial charge on any atom is -0.494 e. The normalized spacial score (nSPS) is 10.9. The number of ether oxygens (including phenoxy) is 1. The van der Waals surface area contributed by atoms with Gasteiger partial charge < -0.3 is 4.74 Å². The summed E-state index contributed by atoms with van der Waals surface area (Å²) < 4.78 is 20.2. The Morgan fingerprint density at radius 3 is 2.89 bits per heavy atom. The van der Waals surface area contributed by atoms with Crippen LogP contribution in [0, 0.1) is 5.82 Å². The van der Waals surface area contributed by atoms with Crippen molar-refractivity contribution in [3.63, 3.8) is 0 Å². The highest BCUT2D eigenvalue weighted by molar-refractivity contribution is 6.32. The van der Waals surface area contributed by atoms with Crippen molar-refractivity contribution in [3.05, 3.63) is 41.6 Å². The quantitative estimate of drug-likeness (QED) is 0.723. The van der Waals surface area contributed by atoms with Gasteiger partial charge in [0.15, 0.2) is 28.2 Å². The number of hydrogen-bond donors (Lipinski definition) is 0. The van der Waals surface area contributed by atoms with Crippen molar-refractivity contribution >= 4 is 17.2 Å². The van der Waals surface area contributed by atoms with Crippen LogP contribution < -0.4 is 4.74 Å². The summed E-state index contributed by atoms with van der Waals surface area (Å²) in [7, 11) is 1.41. The van der Waals surface area contributed by atoms with Crippen LogP contribution in [0.1, 0.15) is 0 Å². The minimum absolute atomic E-state index is 0.178. The molecule has 0 aliphatic carbocycles. The van der Waals surface area contributed by atoms with Gasteiger partial charge in [0.1, 0.15) is 0 Å². The van der Waals surface area contributed by atoms with Gasteiger partial charge in [-0.1, -0.05) is 11.6 Å². The summed E-state index contributed by atoms with van der Waals surface area (Å²) in [6.45, 7) is 0. The molecule has 5 nitrogen and oxygen atoms in total. The summed E-state index contributed by atoms with van der Waals surface area (Å²) in [6, 6.07) is 4.57. The minimum atomic E-state index is -0.461. The monoisotopic (exact) mass is 278 g/mol. The number of methoxy groups -OCH3 is 1. The Balaban J connectivity index is 2.19. The highest BCUT2D eigenvalue weighted by Crippen LogP contribution is 2.25. The van der Waals surface area contributed by atoms with Gasteiger partial charge in [0.2, 0.25) is 0 Å². The molecule has 0 unspecified atom stereocenters. The first-order chi connectivity index (χ1) is 9.20. The van der Waals surface area contributed by atoms with Crippen molar-refractivity contribution in [2.75, 3.05) is 7.11 Å². The van der Waals surface area contributed by atoms with Crippen LogP contribution in [0.4, 0.5) is 4.39 Å². The molecule has 96 valence electrons. The Hall–Kier alpha value is -2.21. The van der Waals surface area contributed by atoms with E-state index < -0.39 is 5.82 Å². The maximum Gasteiger partial charge on any atom is 0.198 e. The summed E-state index contributed by atoms with van der Waals surface area (Å²) in [4.78, 5) is 3.91. The first kappa shape index (κ1) is 11.9. The van der Waals surface area contributed by atoms with Crippen molar-refractivity contribution in [1.82, 2.24) is 19.6 Å². The molecule has 0 fully saturated rings. The van der Waals surface area contributed by atoms with E-state index in [4.69, 9.17) is 16.3 Å². The lowest BCUT2D eigenvalue weighted by molar-refractivity contribution is 0.386. The molecule has 0 aliphatic rings. The zero-order valence-electron chi connectivity index (χ0n) is 9.84. The Bertz CT molecular complexity index is 759. The first-order valence-corrected chi connectivity index (χ1v) is 5.77. The molecule has 0 amide bonds. The number of aromatic nitrogens is 4. The van der Waals surface area contributed by atoms with Gasteiger partial charge in [-0.05, 0) is 18.2 Å². The number of hydrogen-bond acceptors (Lipinski definition) is 4. The predicted octanol–water partition coefficient (Wildman–Crippen LogP) is 2.59. The molecule has 0 radical (unpaired) electrons. The number of fused-ring (bicyclic) bond motifs is 1. The van der Waals surface area contributed by atoms with Crippen LogP contribution in [0.2, 0.25) is 5.15 Å². The molecule has 2 heterocycles. The van der Waals surface area contributed by atoms with Gasteiger partial charge in [-0.3, -0.25) is 4.40 Å². The maximum atomic E-state index is 13.7. The second-order valence-corrected chi connectivity index (χ2v) is 4.14. The number of nitrogens with zero attached hydrogens (tertiary/aromatic N) is 4. The molecule has 0 atom stereocenters. The molecule has 2 aromatic heterocycles. The molecule has 0 bridgehead atoms. The Kier molecular flexibility index (Phi) is 2.79. The van der Waals surface area contributed by atoms with E-state index in [1.165, 1.54) is 25.4 Å². The summed E-state index contributed by atoms with van der Waals surface area (Å²) >= 11 is 5.91. The Morgan fingerprint density at radius 1 is 1.32 bits per heavy atom. The van der Waals surface area contributed by atoms with Gasteiger partial charge in [0, 0.05) is 18.0 Å². The Morgan fingerprint density at radius 2 is 2.16 bits per heavy atom. The van der Waals surface area contributed by atoms with E-state index in [0.29, 0.717) is 17.0 Å². The maximum absolute atomic E-state index is 13.7. The zero-order chi connectivity index (χ0) is 13.4. The van der Waals surface area contributed by atoms with Crippen LogP contribution in [0.5, 0.6) is 5.75 Å². The van der Waals surface area contributed by atoms with Crippen molar-refractivity contribution in [3.8, 4) is 17.1 Å². The van der Waals surface area contributed by atoms with E-state index in [1.54, 1.807) is 16.7 Å². The van der Waals surface area contributed by atoms with E-state index in [1.807, 2.05) is 0 Å². The fourth-order valence-corrected chi connectivity index (χ4v) is 1.98. The first-order valence-electron chi connectivity index (χ1n) is 5.40. The second-order valence-electron chi connectivity index (χ2n) is 3.78. The SMILES string of the molecule is COc1ccc(-c2nnc3c(Cl)nccn23)cc1F. The third kappa shape index (κ3) is 1.90. The van der Waals surface area contributed by atoms with Crippen LogP contribution in [0.3, 0.4) is 0 Å². The van der Waals surface area contributed by atoms with E-state index in [9.17, 15) is 4.39 Å². The summed E-state index contributed by atoms with van der Waals surface area (Å²) in [5.41, 5.74) is 1.00. The van der Waals surface area contributed by atoms with Gasteiger partial charge in [-0.15, -0.1) is 10.2 Å². The van der Waals surface area contributed by atoms with Crippen molar-refractivity contribution in [1.29, 1.82) is 0 Å². The number of benzene rings is 1. The van der Waals surface area contributed by atoms with Crippen LogP contribution in [0.15, 0.2) is 30.6 Å².